The predicted molar refractivity (Wildman–Crippen MR) is 83.9 cm³/mol. The van der Waals surface area contributed by atoms with Gasteiger partial charge in [0.15, 0.2) is 0 Å². The van der Waals surface area contributed by atoms with Gasteiger partial charge in [-0.2, -0.15) is 0 Å². The molecule has 2 aromatic rings. The summed E-state index contributed by atoms with van der Waals surface area (Å²) in [5.74, 6) is 1.84. The Balaban J connectivity index is 1.88. The maximum Gasteiger partial charge on any atom is 0.127 e. The van der Waals surface area contributed by atoms with Crippen LogP contribution in [0.1, 0.15) is 36.1 Å². The van der Waals surface area contributed by atoms with Crippen LogP contribution in [0.4, 0.5) is 0 Å². The lowest BCUT2D eigenvalue weighted by atomic mass is 9.96. The molecule has 0 amide bonds. The van der Waals surface area contributed by atoms with Crippen molar-refractivity contribution in [2.24, 2.45) is 5.73 Å². The van der Waals surface area contributed by atoms with Gasteiger partial charge in [0.2, 0.25) is 0 Å². The van der Waals surface area contributed by atoms with Crippen molar-refractivity contribution in [1.29, 1.82) is 0 Å². The van der Waals surface area contributed by atoms with Gasteiger partial charge in [0.25, 0.3) is 0 Å². The first-order valence-electron chi connectivity index (χ1n) is 7.52. The Hall–Kier alpha value is -2.00. The van der Waals surface area contributed by atoms with Crippen LogP contribution in [0.2, 0.25) is 0 Å². The summed E-state index contributed by atoms with van der Waals surface area (Å²) in [6, 6.07) is 14.0. The molecule has 1 heterocycles. The van der Waals surface area contributed by atoms with E-state index in [1.54, 1.807) is 0 Å². The second kappa shape index (κ2) is 6.19. The minimum atomic E-state index is -0.191. The first kappa shape index (κ1) is 14.0. The Kier molecular flexibility index (Phi) is 4.11. The van der Waals surface area contributed by atoms with Gasteiger partial charge in [-0.15, -0.1) is 0 Å². The zero-order valence-corrected chi connectivity index (χ0v) is 12.3. The number of rotatable bonds is 5. The Morgan fingerprint density at radius 3 is 2.95 bits per heavy atom. The van der Waals surface area contributed by atoms with Crippen molar-refractivity contribution >= 4 is 0 Å². The van der Waals surface area contributed by atoms with Crippen LogP contribution in [-0.2, 0) is 6.42 Å². The fraction of sp³-hybridized carbons (Fsp3) is 0.333. The van der Waals surface area contributed by atoms with Gasteiger partial charge in [-0.25, -0.2) is 0 Å². The third-order valence-corrected chi connectivity index (χ3v) is 3.77. The van der Waals surface area contributed by atoms with Gasteiger partial charge >= 0.3 is 0 Å². The smallest absolute Gasteiger partial charge is 0.127 e. The van der Waals surface area contributed by atoms with E-state index >= 15 is 0 Å². The maximum atomic E-state index is 6.45. The van der Waals surface area contributed by atoms with Crippen LogP contribution in [0.5, 0.6) is 11.5 Å². The zero-order valence-electron chi connectivity index (χ0n) is 12.3. The molecule has 0 aromatic heterocycles. The number of benzene rings is 2. The fourth-order valence-corrected chi connectivity index (χ4v) is 2.68. The molecule has 0 radical (unpaired) electrons. The molecule has 1 aliphatic rings. The SMILES string of the molecule is CCCOc1cccc(C(N)c2cccc3c2OCC3)c1. The highest BCUT2D eigenvalue weighted by Crippen LogP contribution is 2.35. The summed E-state index contributed by atoms with van der Waals surface area (Å²) in [7, 11) is 0. The highest BCUT2D eigenvalue weighted by Gasteiger charge is 2.21. The van der Waals surface area contributed by atoms with Crippen LogP contribution in [0, 0.1) is 0 Å². The Bertz CT molecular complexity index is 624. The van der Waals surface area contributed by atoms with E-state index in [2.05, 4.69) is 19.1 Å². The molecule has 0 fully saturated rings. The summed E-state index contributed by atoms with van der Waals surface area (Å²) < 4.78 is 11.4. The Morgan fingerprint density at radius 1 is 1.24 bits per heavy atom. The topological polar surface area (TPSA) is 44.5 Å². The van der Waals surface area contributed by atoms with Crippen LogP contribution in [0.25, 0.3) is 0 Å². The number of hydrogen-bond acceptors (Lipinski definition) is 3. The molecular weight excluding hydrogens is 262 g/mol. The van der Waals surface area contributed by atoms with Crippen LogP contribution in [-0.4, -0.2) is 13.2 Å². The molecule has 2 N–H and O–H groups in total. The molecule has 1 unspecified atom stereocenters. The summed E-state index contributed by atoms with van der Waals surface area (Å²) in [5, 5.41) is 0. The number of ether oxygens (including phenoxy) is 2. The molecule has 110 valence electrons. The lowest BCUT2D eigenvalue weighted by molar-refractivity contribution is 0.317. The second-order valence-corrected chi connectivity index (χ2v) is 5.33. The Labute approximate surface area is 125 Å². The molecule has 0 aliphatic carbocycles. The van der Waals surface area contributed by atoms with E-state index in [1.807, 2.05) is 30.3 Å². The standard InChI is InChI=1S/C18H21NO2/c1-2-10-20-15-7-3-6-14(12-15)17(19)16-8-4-5-13-9-11-21-18(13)16/h3-8,12,17H,2,9-11,19H2,1H3. The van der Waals surface area contributed by atoms with Crippen LogP contribution in [0.3, 0.4) is 0 Å². The molecular formula is C18H21NO2. The molecule has 1 aliphatic heterocycles. The van der Waals surface area contributed by atoms with E-state index in [0.29, 0.717) is 0 Å². The first-order valence-corrected chi connectivity index (χ1v) is 7.52. The van der Waals surface area contributed by atoms with Crippen molar-refractivity contribution in [1.82, 2.24) is 0 Å². The van der Waals surface area contributed by atoms with Crippen molar-refractivity contribution in [3.05, 3.63) is 59.2 Å². The summed E-state index contributed by atoms with van der Waals surface area (Å²) >= 11 is 0. The van der Waals surface area contributed by atoms with Crippen LogP contribution in [0.15, 0.2) is 42.5 Å². The van der Waals surface area contributed by atoms with Crippen molar-refractivity contribution < 1.29 is 9.47 Å². The minimum Gasteiger partial charge on any atom is -0.494 e. The van der Waals surface area contributed by atoms with E-state index < -0.39 is 0 Å². The maximum absolute atomic E-state index is 6.45. The highest BCUT2D eigenvalue weighted by atomic mass is 16.5. The largest absolute Gasteiger partial charge is 0.494 e. The normalized spacial score (nSPS) is 14.4. The van der Waals surface area contributed by atoms with Crippen LogP contribution < -0.4 is 15.2 Å². The van der Waals surface area contributed by atoms with Gasteiger partial charge in [0, 0.05) is 12.0 Å². The quantitative estimate of drug-likeness (QED) is 0.914. The van der Waals surface area contributed by atoms with Gasteiger partial charge in [-0.1, -0.05) is 37.3 Å². The monoisotopic (exact) mass is 283 g/mol. The van der Waals surface area contributed by atoms with Gasteiger partial charge in [-0.3, -0.25) is 0 Å². The molecule has 0 saturated heterocycles. The number of nitrogens with two attached hydrogens (primary N) is 1. The van der Waals surface area contributed by atoms with Gasteiger partial charge in [0.05, 0.1) is 19.3 Å². The Morgan fingerprint density at radius 2 is 2.10 bits per heavy atom. The lowest BCUT2D eigenvalue weighted by Crippen LogP contribution is -2.13. The average molecular weight is 283 g/mol. The van der Waals surface area contributed by atoms with E-state index in [0.717, 1.165) is 48.7 Å². The van der Waals surface area contributed by atoms with Crippen molar-refractivity contribution in [2.45, 2.75) is 25.8 Å². The van der Waals surface area contributed by atoms with Crippen molar-refractivity contribution in [3.8, 4) is 11.5 Å². The van der Waals surface area contributed by atoms with E-state index in [-0.39, 0.29) is 6.04 Å². The van der Waals surface area contributed by atoms with E-state index in [1.165, 1.54) is 5.56 Å². The molecule has 1 atom stereocenters. The van der Waals surface area contributed by atoms with Gasteiger partial charge in [-0.05, 0) is 29.7 Å². The predicted octanol–water partition coefficient (Wildman–Crippen LogP) is 3.46. The zero-order chi connectivity index (χ0) is 14.7. The third-order valence-electron chi connectivity index (χ3n) is 3.77. The highest BCUT2D eigenvalue weighted by molar-refractivity contribution is 5.49. The molecule has 21 heavy (non-hydrogen) atoms. The molecule has 0 saturated carbocycles. The number of para-hydroxylation sites is 1. The molecule has 0 spiro atoms. The summed E-state index contributed by atoms with van der Waals surface area (Å²) in [5.41, 5.74) is 9.80. The van der Waals surface area contributed by atoms with Crippen molar-refractivity contribution in [2.75, 3.05) is 13.2 Å². The minimum absolute atomic E-state index is 0.191. The van der Waals surface area contributed by atoms with Crippen LogP contribution >= 0.6 is 0 Å². The molecule has 2 aromatic carbocycles. The second-order valence-electron chi connectivity index (χ2n) is 5.33. The van der Waals surface area contributed by atoms with Gasteiger partial charge < -0.3 is 15.2 Å². The van der Waals surface area contributed by atoms with Gasteiger partial charge in [0.1, 0.15) is 11.5 Å². The summed E-state index contributed by atoms with van der Waals surface area (Å²) in [6.45, 7) is 3.57. The summed E-state index contributed by atoms with van der Waals surface area (Å²) in [6.07, 6.45) is 1.96. The molecule has 3 rings (SSSR count). The average Bonchev–Trinajstić information content (AvgIpc) is 3.01. The van der Waals surface area contributed by atoms with Crippen molar-refractivity contribution in [3.63, 3.8) is 0 Å². The van der Waals surface area contributed by atoms with E-state index in [9.17, 15) is 0 Å². The fourth-order valence-electron chi connectivity index (χ4n) is 2.68. The lowest BCUT2D eigenvalue weighted by Gasteiger charge is -2.17. The molecule has 0 bridgehead atoms. The summed E-state index contributed by atoms with van der Waals surface area (Å²) in [4.78, 5) is 0. The molecule has 3 nitrogen and oxygen atoms in total. The first-order chi connectivity index (χ1) is 10.3. The number of fused-ring (bicyclic) bond motifs is 1. The third kappa shape index (κ3) is 2.88. The van der Waals surface area contributed by atoms with E-state index in [4.69, 9.17) is 15.2 Å². The number of hydrogen-bond donors (Lipinski definition) is 1. The molecule has 3 heteroatoms.